The molecule has 25 heavy (non-hydrogen) atoms. The second kappa shape index (κ2) is 6.60. The van der Waals surface area contributed by atoms with Crippen molar-refractivity contribution in [2.24, 2.45) is 0 Å². The molecule has 1 unspecified atom stereocenters. The molecule has 1 aliphatic rings. The number of rotatable bonds is 4. The third-order valence-corrected chi connectivity index (χ3v) is 6.28. The SMILES string of the molecule is CC1Cc2c(O)ccc3c2c(c(CCO)n3Cc2ccc(Cl)cc2)S1. The van der Waals surface area contributed by atoms with Gasteiger partial charge in [-0.15, -0.1) is 11.8 Å². The third kappa shape index (κ3) is 2.92. The molecule has 3 aromatic rings. The van der Waals surface area contributed by atoms with E-state index in [2.05, 4.69) is 11.5 Å². The van der Waals surface area contributed by atoms with Gasteiger partial charge in [-0.25, -0.2) is 0 Å². The molecule has 0 amide bonds. The first kappa shape index (κ1) is 16.8. The van der Waals surface area contributed by atoms with Gasteiger partial charge in [-0.3, -0.25) is 0 Å². The molecule has 2 heterocycles. The molecule has 5 heteroatoms. The summed E-state index contributed by atoms with van der Waals surface area (Å²) in [6.07, 6.45) is 1.47. The lowest BCUT2D eigenvalue weighted by Crippen LogP contribution is -2.09. The number of hydrogen-bond donors (Lipinski definition) is 2. The number of aromatic nitrogens is 1. The van der Waals surface area contributed by atoms with Crippen LogP contribution in [0.2, 0.25) is 5.02 Å². The van der Waals surface area contributed by atoms with Gasteiger partial charge in [-0.1, -0.05) is 30.7 Å². The van der Waals surface area contributed by atoms with E-state index in [4.69, 9.17) is 11.6 Å². The highest BCUT2D eigenvalue weighted by atomic mass is 35.5. The Morgan fingerprint density at radius 1 is 1.20 bits per heavy atom. The number of thioether (sulfide) groups is 1. The van der Waals surface area contributed by atoms with E-state index in [1.165, 1.54) is 10.5 Å². The van der Waals surface area contributed by atoms with E-state index in [0.717, 1.165) is 40.1 Å². The number of phenols is 1. The van der Waals surface area contributed by atoms with Crippen molar-refractivity contribution >= 4 is 34.3 Å². The normalized spacial score (nSPS) is 16.5. The molecular formula is C20H20ClNO2S. The maximum absolute atomic E-state index is 10.4. The monoisotopic (exact) mass is 373 g/mol. The molecule has 1 aliphatic heterocycles. The highest BCUT2D eigenvalue weighted by Crippen LogP contribution is 2.46. The minimum Gasteiger partial charge on any atom is -0.508 e. The fourth-order valence-electron chi connectivity index (χ4n) is 3.69. The molecule has 0 spiro atoms. The first-order valence-electron chi connectivity index (χ1n) is 8.46. The second-order valence-corrected chi connectivity index (χ2v) is 8.44. The third-order valence-electron chi connectivity index (χ3n) is 4.79. The van der Waals surface area contributed by atoms with Gasteiger partial charge in [0.25, 0.3) is 0 Å². The van der Waals surface area contributed by atoms with Crippen LogP contribution < -0.4 is 0 Å². The van der Waals surface area contributed by atoms with Gasteiger partial charge >= 0.3 is 0 Å². The molecule has 4 rings (SSSR count). The topological polar surface area (TPSA) is 45.4 Å². The maximum Gasteiger partial charge on any atom is 0.119 e. The lowest BCUT2D eigenvalue weighted by Gasteiger charge is -2.20. The molecule has 2 N–H and O–H groups in total. The first-order chi connectivity index (χ1) is 12.1. The van der Waals surface area contributed by atoms with E-state index in [0.29, 0.717) is 17.4 Å². The van der Waals surface area contributed by atoms with E-state index in [1.54, 1.807) is 6.07 Å². The molecule has 2 aromatic carbocycles. The summed E-state index contributed by atoms with van der Waals surface area (Å²) >= 11 is 7.86. The van der Waals surface area contributed by atoms with E-state index in [-0.39, 0.29) is 6.61 Å². The van der Waals surface area contributed by atoms with E-state index < -0.39 is 0 Å². The molecule has 1 aromatic heterocycles. The van der Waals surface area contributed by atoms with Crippen molar-refractivity contribution in [1.29, 1.82) is 0 Å². The summed E-state index contributed by atoms with van der Waals surface area (Å²) in [6.45, 7) is 3.02. The molecule has 0 aliphatic carbocycles. The summed E-state index contributed by atoms with van der Waals surface area (Å²) < 4.78 is 2.28. The predicted octanol–water partition coefficient (Wildman–Crippen LogP) is 4.62. The van der Waals surface area contributed by atoms with Crippen LogP contribution in [0.4, 0.5) is 0 Å². The largest absolute Gasteiger partial charge is 0.508 e. The number of halogens is 1. The molecule has 130 valence electrons. The Labute approximate surface area is 156 Å². The number of nitrogens with zero attached hydrogens (tertiary/aromatic N) is 1. The van der Waals surface area contributed by atoms with E-state index in [9.17, 15) is 10.2 Å². The van der Waals surface area contributed by atoms with E-state index in [1.807, 2.05) is 42.1 Å². The predicted molar refractivity (Wildman–Crippen MR) is 104 cm³/mol. The molecule has 0 saturated heterocycles. The van der Waals surface area contributed by atoms with Crippen LogP contribution in [-0.2, 0) is 19.4 Å². The van der Waals surface area contributed by atoms with Crippen LogP contribution in [0.25, 0.3) is 10.9 Å². The number of phenolic OH excluding ortho intramolecular Hbond substituents is 1. The Hall–Kier alpha value is -1.62. The fraction of sp³-hybridized carbons (Fsp3) is 0.300. The van der Waals surface area contributed by atoms with Crippen LogP contribution >= 0.6 is 23.4 Å². The number of hydrogen-bond acceptors (Lipinski definition) is 3. The van der Waals surface area contributed by atoms with Gasteiger partial charge in [-0.05, 0) is 36.2 Å². The van der Waals surface area contributed by atoms with Crippen LogP contribution in [0, 0.1) is 0 Å². The van der Waals surface area contributed by atoms with E-state index >= 15 is 0 Å². The summed E-state index contributed by atoms with van der Waals surface area (Å²) in [5.41, 5.74) is 4.48. The summed E-state index contributed by atoms with van der Waals surface area (Å²) in [5.74, 6) is 0.375. The molecule has 0 fully saturated rings. The minimum absolute atomic E-state index is 0.111. The average molecular weight is 374 g/mol. The maximum atomic E-state index is 10.4. The lowest BCUT2D eigenvalue weighted by atomic mass is 10.0. The zero-order chi connectivity index (χ0) is 17.6. The van der Waals surface area contributed by atoms with Gasteiger partial charge in [0.15, 0.2) is 0 Å². The van der Waals surface area contributed by atoms with Crippen molar-refractivity contribution in [2.45, 2.75) is 36.5 Å². The zero-order valence-corrected chi connectivity index (χ0v) is 15.6. The standard InChI is InChI=1S/C20H20ClNO2S/c1-12-10-15-18(24)7-6-16-19(15)20(25-12)17(8-9-23)22(16)11-13-2-4-14(21)5-3-13/h2-7,12,23-24H,8-11H2,1H3. The average Bonchev–Trinajstić information content (AvgIpc) is 2.87. The Kier molecular flexibility index (Phi) is 4.44. The quantitative estimate of drug-likeness (QED) is 0.701. The van der Waals surface area contributed by atoms with Gasteiger partial charge in [0.05, 0.1) is 5.52 Å². The number of aliphatic hydroxyl groups excluding tert-OH is 1. The minimum atomic E-state index is 0.111. The Balaban J connectivity index is 1.92. The fourth-order valence-corrected chi connectivity index (χ4v) is 5.16. The van der Waals surface area contributed by atoms with Crippen molar-refractivity contribution in [2.75, 3.05) is 6.61 Å². The Morgan fingerprint density at radius 2 is 1.96 bits per heavy atom. The summed E-state index contributed by atoms with van der Waals surface area (Å²) in [6, 6.07) is 11.7. The molecule has 3 nitrogen and oxygen atoms in total. The van der Waals surface area contributed by atoms with Crippen molar-refractivity contribution < 1.29 is 10.2 Å². The second-order valence-electron chi connectivity index (χ2n) is 6.55. The highest BCUT2D eigenvalue weighted by molar-refractivity contribution is 8.00. The number of benzene rings is 2. The van der Waals surface area contributed by atoms with Crippen LogP contribution in [0.5, 0.6) is 5.75 Å². The summed E-state index contributed by atoms with van der Waals surface area (Å²) in [5, 5.41) is 22.3. The summed E-state index contributed by atoms with van der Waals surface area (Å²) in [7, 11) is 0. The molecule has 1 atom stereocenters. The van der Waals surface area contributed by atoms with Crippen LogP contribution in [0.15, 0.2) is 41.3 Å². The lowest BCUT2D eigenvalue weighted by molar-refractivity contribution is 0.296. The first-order valence-corrected chi connectivity index (χ1v) is 9.72. The molecule has 0 radical (unpaired) electrons. The Bertz CT molecular complexity index is 933. The van der Waals surface area contributed by atoms with Crippen LogP contribution in [0.1, 0.15) is 23.7 Å². The zero-order valence-electron chi connectivity index (χ0n) is 14.0. The van der Waals surface area contributed by atoms with Crippen molar-refractivity contribution in [3.63, 3.8) is 0 Å². The van der Waals surface area contributed by atoms with Gasteiger partial charge in [0.1, 0.15) is 5.75 Å². The van der Waals surface area contributed by atoms with Crippen LogP contribution in [-0.4, -0.2) is 26.6 Å². The highest BCUT2D eigenvalue weighted by Gasteiger charge is 2.27. The molecule has 0 saturated carbocycles. The van der Waals surface area contributed by atoms with Crippen molar-refractivity contribution in [3.8, 4) is 5.75 Å². The van der Waals surface area contributed by atoms with Gasteiger partial charge < -0.3 is 14.8 Å². The smallest absolute Gasteiger partial charge is 0.119 e. The van der Waals surface area contributed by atoms with Gasteiger partial charge in [0, 0.05) is 51.4 Å². The van der Waals surface area contributed by atoms with Crippen LogP contribution in [0.3, 0.4) is 0 Å². The van der Waals surface area contributed by atoms with Gasteiger partial charge in [-0.2, -0.15) is 0 Å². The molecule has 0 bridgehead atoms. The number of aromatic hydroxyl groups is 1. The van der Waals surface area contributed by atoms with Crippen molar-refractivity contribution in [3.05, 3.63) is 58.2 Å². The van der Waals surface area contributed by atoms with Crippen molar-refractivity contribution in [1.82, 2.24) is 4.57 Å². The summed E-state index contributed by atoms with van der Waals surface area (Å²) in [4.78, 5) is 1.21. The number of aliphatic hydroxyl groups is 1. The Morgan fingerprint density at radius 3 is 2.68 bits per heavy atom. The molecular weight excluding hydrogens is 354 g/mol. The van der Waals surface area contributed by atoms with Gasteiger partial charge in [0.2, 0.25) is 0 Å².